The van der Waals surface area contributed by atoms with Crippen LogP contribution >= 0.6 is 0 Å². The molecule has 1 amide bonds. The third-order valence-corrected chi connectivity index (χ3v) is 3.75. The number of carbonyl (C=O) groups excluding carboxylic acids is 1. The molecule has 0 saturated heterocycles. The summed E-state index contributed by atoms with van der Waals surface area (Å²) in [5, 5.41) is 12.2. The standard InChI is InChI=1S/C20H20N2O3/c1-14(15-8-5-4-6-9-15)22-20(23)17(13-21)12-16-10-7-11-18(24-2)19(16)25-3/h4-12,14H,1-3H3,(H,22,23). The molecule has 2 rings (SSSR count). The second kappa shape index (κ2) is 8.55. The third kappa shape index (κ3) is 4.39. The minimum Gasteiger partial charge on any atom is -0.493 e. The predicted octanol–water partition coefficient (Wildman–Crippen LogP) is 3.49. The van der Waals surface area contributed by atoms with E-state index in [0.717, 1.165) is 5.56 Å². The molecule has 0 saturated carbocycles. The highest BCUT2D eigenvalue weighted by Crippen LogP contribution is 2.32. The zero-order valence-electron chi connectivity index (χ0n) is 14.4. The molecule has 5 nitrogen and oxygen atoms in total. The highest BCUT2D eigenvalue weighted by Gasteiger charge is 2.15. The second-order valence-electron chi connectivity index (χ2n) is 5.36. The van der Waals surface area contributed by atoms with Crippen molar-refractivity contribution in [3.8, 4) is 17.6 Å². The van der Waals surface area contributed by atoms with Crippen LogP contribution in [0.4, 0.5) is 0 Å². The Morgan fingerprint density at radius 2 is 1.84 bits per heavy atom. The van der Waals surface area contributed by atoms with Crippen LogP contribution in [0.3, 0.4) is 0 Å². The molecule has 0 aliphatic heterocycles. The lowest BCUT2D eigenvalue weighted by molar-refractivity contribution is -0.117. The first-order chi connectivity index (χ1) is 12.1. The van der Waals surface area contributed by atoms with Crippen LogP contribution in [0.1, 0.15) is 24.1 Å². The van der Waals surface area contributed by atoms with Crippen LogP contribution in [0, 0.1) is 11.3 Å². The van der Waals surface area contributed by atoms with Gasteiger partial charge in [0.15, 0.2) is 11.5 Å². The van der Waals surface area contributed by atoms with E-state index in [1.807, 2.05) is 43.3 Å². The van der Waals surface area contributed by atoms with Gasteiger partial charge in [0.1, 0.15) is 11.6 Å². The molecule has 0 radical (unpaired) electrons. The van der Waals surface area contributed by atoms with Gasteiger partial charge in [-0.3, -0.25) is 4.79 Å². The summed E-state index contributed by atoms with van der Waals surface area (Å²) < 4.78 is 10.6. The summed E-state index contributed by atoms with van der Waals surface area (Å²) in [6.07, 6.45) is 1.49. The number of ether oxygens (including phenoxy) is 2. The zero-order chi connectivity index (χ0) is 18.2. The summed E-state index contributed by atoms with van der Waals surface area (Å²) in [5.74, 6) is 0.567. The number of rotatable bonds is 6. The molecule has 1 atom stereocenters. The predicted molar refractivity (Wildman–Crippen MR) is 96.1 cm³/mol. The highest BCUT2D eigenvalue weighted by atomic mass is 16.5. The van der Waals surface area contributed by atoms with Crippen molar-refractivity contribution in [2.45, 2.75) is 13.0 Å². The highest BCUT2D eigenvalue weighted by molar-refractivity contribution is 6.02. The smallest absolute Gasteiger partial charge is 0.262 e. The summed E-state index contributed by atoms with van der Waals surface area (Å²) in [7, 11) is 3.05. The summed E-state index contributed by atoms with van der Waals surface area (Å²) >= 11 is 0. The normalized spacial score (nSPS) is 12.0. The Hall–Kier alpha value is -3.26. The number of benzene rings is 2. The zero-order valence-corrected chi connectivity index (χ0v) is 14.4. The molecule has 1 unspecified atom stereocenters. The lowest BCUT2D eigenvalue weighted by Crippen LogP contribution is -2.27. The number of hydrogen-bond donors (Lipinski definition) is 1. The van der Waals surface area contributed by atoms with Gasteiger partial charge in [-0.25, -0.2) is 0 Å². The molecule has 0 fully saturated rings. The Morgan fingerprint density at radius 1 is 1.12 bits per heavy atom. The van der Waals surface area contributed by atoms with E-state index in [1.54, 1.807) is 18.2 Å². The molecule has 0 aliphatic carbocycles. The Bertz CT molecular complexity index is 807. The molecule has 128 valence electrons. The van der Waals surface area contributed by atoms with Gasteiger partial charge in [0.2, 0.25) is 0 Å². The van der Waals surface area contributed by atoms with Crippen LogP contribution in [0.5, 0.6) is 11.5 Å². The van der Waals surface area contributed by atoms with Crippen molar-refractivity contribution in [1.82, 2.24) is 5.32 Å². The SMILES string of the molecule is COc1cccc(C=C(C#N)C(=O)NC(C)c2ccccc2)c1OC. The Labute approximate surface area is 147 Å². The summed E-state index contributed by atoms with van der Waals surface area (Å²) in [6, 6.07) is 16.6. The first-order valence-electron chi connectivity index (χ1n) is 7.79. The van der Waals surface area contributed by atoms with Crippen LogP contribution in [-0.2, 0) is 4.79 Å². The molecule has 2 aromatic carbocycles. The van der Waals surface area contributed by atoms with Crippen LogP contribution in [0.15, 0.2) is 54.1 Å². The fourth-order valence-electron chi connectivity index (χ4n) is 2.43. The van der Waals surface area contributed by atoms with Gasteiger partial charge in [-0.2, -0.15) is 5.26 Å². The number of hydrogen-bond acceptors (Lipinski definition) is 4. The van der Waals surface area contributed by atoms with E-state index >= 15 is 0 Å². The molecule has 5 heteroatoms. The van der Waals surface area contributed by atoms with Gasteiger partial charge in [0.05, 0.1) is 20.3 Å². The van der Waals surface area contributed by atoms with E-state index in [1.165, 1.54) is 20.3 Å². The average Bonchev–Trinajstić information content (AvgIpc) is 2.66. The number of para-hydroxylation sites is 1. The minimum absolute atomic E-state index is 0.00525. The number of nitrogens with one attached hydrogen (secondary N) is 1. The van der Waals surface area contributed by atoms with Crippen molar-refractivity contribution in [1.29, 1.82) is 5.26 Å². The van der Waals surface area contributed by atoms with Crippen molar-refractivity contribution in [2.24, 2.45) is 0 Å². The van der Waals surface area contributed by atoms with E-state index in [2.05, 4.69) is 5.32 Å². The van der Waals surface area contributed by atoms with Gasteiger partial charge < -0.3 is 14.8 Å². The first kappa shape index (κ1) is 18.1. The molecule has 0 bridgehead atoms. The van der Waals surface area contributed by atoms with Gasteiger partial charge in [0, 0.05) is 5.56 Å². The lowest BCUT2D eigenvalue weighted by atomic mass is 10.1. The van der Waals surface area contributed by atoms with Crippen LogP contribution in [0.2, 0.25) is 0 Å². The molecule has 2 aromatic rings. The molecule has 25 heavy (non-hydrogen) atoms. The van der Waals surface area contributed by atoms with Gasteiger partial charge in [-0.1, -0.05) is 42.5 Å². The van der Waals surface area contributed by atoms with Crippen molar-refractivity contribution in [2.75, 3.05) is 14.2 Å². The van der Waals surface area contributed by atoms with Crippen molar-refractivity contribution >= 4 is 12.0 Å². The largest absolute Gasteiger partial charge is 0.493 e. The molecule has 0 spiro atoms. The minimum atomic E-state index is -0.441. The fraction of sp³-hybridized carbons (Fsp3) is 0.200. The van der Waals surface area contributed by atoms with E-state index in [0.29, 0.717) is 17.1 Å². The lowest BCUT2D eigenvalue weighted by Gasteiger charge is -2.14. The molecule has 0 aromatic heterocycles. The summed E-state index contributed by atoms with van der Waals surface area (Å²) in [5.41, 5.74) is 1.56. The maximum atomic E-state index is 12.4. The van der Waals surface area contributed by atoms with E-state index < -0.39 is 5.91 Å². The Morgan fingerprint density at radius 3 is 2.44 bits per heavy atom. The monoisotopic (exact) mass is 336 g/mol. The molecular formula is C20H20N2O3. The maximum absolute atomic E-state index is 12.4. The van der Waals surface area contributed by atoms with E-state index in [-0.39, 0.29) is 11.6 Å². The molecule has 1 N–H and O–H groups in total. The van der Waals surface area contributed by atoms with Crippen LogP contribution < -0.4 is 14.8 Å². The van der Waals surface area contributed by atoms with Crippen LogP contribution in [0.25, 0.3) is 6.08 Å². The number of amides is 1. The topological polar surface area (TPSA) is 71.3 Å². The summed E-state index contributed by atoms with van der Waals surface area (Å²) in [4.78, 5) is 12.4. The number of methoxy groups -OCH3 is 2. The molecule has 0 heterocycles. The summed E-state index contributed by atoms with van der Waals surface area (Å²) in [6.45, 7) is 1.87. The Balaban J connectivity index is 2.26. The average molecular weight is 336 g/mol. The van der Waals surface area contributed by atoms with Gasteiger partial charge in [-0.05, 0) is 24.6 Å². The molecule has 0 aliphatic rings. The van der Waals surface area contributed by atoms with Crippen molar-refractivity contribution < 1.29 is 14.3 Å². The van der Waals surface area contributed by atoms with Crippen LogP contribution in [-0.4, -0.2) is 20.1 Å². The number of nitrogens with zero attached hydrogens (tertiary/aromatic N) is 1. The number of carbonyl (C=O) groups is 1. The van der Waals surface area contributed by atoms with Crippen molar-refractivity contribution in [3.63, 3.8) is 0 Å². The molecular weight excluding hydrogens is 316 g/mol. The third-order valence-electron chi connectivity index (χ3n) is 3.75. The van der Waals surface area contributed by atoms with E-state index in [9.17, 15) is 10.1 Å². The quantitative estimate of drug-likeness (QED) is 0.647. The first-order valence-corrected chi connectivity index (χ1v) is 7.79. The number of nitriles is 1. The van der Waals surface area contributed by atoms with Gasteiger partial charge >= 0.3 is 0 Å². The fourth-order valence-corrected chi connectivity index (χ4v) is 2.43. The maximum Gasteiger partial charge on any atom is 0.262 e. The van der Waals surface area contributed by atoms with E-state index in [4.69, 9.17) is 9.47 Å². The van der Waals surface area contributed by atoms with Gasteiger partial charge in [0.25, 0.3) is 5.91 Å². The van der Waals surface area contributed by atoms with Gasteiger partial charge in [-0.15, -0.1) is 0 Å². The Kier molecular flexibility index (Phi) is 6.19. The second-order valence-corrected chi connectivity index (χ2v) is 5.36. The van der Waals surface area contributed by atoms with Crippen molar-refractivity contribution in [3.05, 3.63) is 65.2 Å².